The first-order chi connectivity index (χ1) is 14.2. The van der Waals surface area contributed by atoms with Crippen LogP contribution in [0.4, 0.5) is 10.1 Å². The van der Waals surface area contributed by atoms with Crippen LogP contribution in [0.3, 0.4) is 0 Å². The number of aryl methyl sites for hydroxylation is 2. The van der Waals surface area contributed by atoms with Crippen LogP contribution in [-0.4, -0.2) is 25.2 Å². The second kappa shape index (κ2) is 8.82. The molecule has 0 saturated heterocycles. The van der Waals surface area contributed by atoms with Gasteiger partial charge in [-0.3, -0.25) is 0 Å². The summed E-state index contributed by atoms with van der Waals surface area (Å²) in [5.41, 5.74) is 4.63. The van der Waals surface area contributed by atoms with Gasteiger partial charge in [-0.25, -0.2) is 9.18 Å². The standard InChI is InChI=1S/C25H24FNO3/c1-16-11-18(12-17(2)24(16)28)5-6-19-13-20(15-22(14-19)27(3)4)25(29)30-23-9-7-21(26)8-10-23/h5-15,28H,1-4H3/b6-5+. The van der Waals surface area contributed by atoms with E-state index in [2.05, 4.69) is 0 Å². The van der Waals surface area contributed by atoms with Gasteiger partial charge in [0, 0.05) is 19.8 Å². The number of carbonyl (C=O) groups is 1. The zero-order chi connectivity index (χ0) is 21.8. The molecule has 0 aliphatic carbocycles. The van der Waals surface area contributed by atoms with Gasteiger partial charge in [-0.05, 0) is 90.7 Å². The Morgan fingerprint density at radius 3 is 2.07 bits per heavy atom. The number of aromatic hydroxyl groups is 1. The summed E-state index contributed by atoms with van der Waals surface area (Å²) in [6.07, 6.45) is 3.84. The average Bonchev–Trinajstić information content (AvgIpc) is 2.71. The minimum Gasteiger partial charge on any atom is -0.507 e. The summed E-state index contributed by atoms with van der Waals surface area (Å²) in [5, 5.41) is 9.95. The molecule has 3 aromatic carbocycles. The molecule has 30 heavy (non-hydrogen) atoms. The maximum Gasteiger partial charge on any atom is 0.343 e. The Morgan fingerprint density at radius 1 is 0.933 bits per heavy atom. The number of hydrogen-bond acceptors (Lipinski definition) is 4. The van der Waals surface area contributed by atoms with Gasteiger partial charge in [0.1, 0.15) is 17.3 Å². The first-order valence-corrected chi connectivity index (χ1v) is 9.51. The number of esters is 1. The van der Waals surface area contributed by atoms with Crippen molar-refractivity contribution in [2.24, 2.45) is 0 Å². The van der Waals surface area contributed by atoms with E-state index in [9.17, 15) is 14.3 Å². The first kappa shape index (κ1) is 21.1. The van der Waals surface area contributed by atoms with Crippen molar-refractivity contribution in [3.8, 4) is 11.5 Å². The van der Waals surface area contributed by atoms with Crippen LogP contribution in [0.25, 0.3) is 12.2 Å². The van der Waals surface area contributed by atoms with E-state index in [4.69, 9.17) is 4.74 Å². The van der Waals surface area contributed by atoms with Crippen LogP contribution in [0.15, 0.2) is 54.6 Å². The highest BCUT2D eigenvalue weighted by molar-refractivity contribution is 5.93. The van der Waals surface area contributed by atoms with E-state index < -0.39 is 11.8 Å². The Kier molecular flexibility index (Phi) is 6.21. The van der Waals surface area contributed by atoms with E-state index in [0.29, 0.717) is 11.3 Å². The molecule has 154 valence electrons. The summed E-state index contributed by atoms with van der Waals surface area (Å²) in [6, 6.07) is 14.6. The third kappa shape index (κ3) is 5.06. The molecule has 0 aromatic heterocycles. The smallest absolute Gasteiger partial charge is 0.343 e. The second-order valence-corrected chi connectivity index (χ2v) is 7.39. The number of phenolic OH excluding ortho intramolecular Hbond substituents is 1. The van der Waals surface area contributed by atoms with E-state index in [1.807, 2.05) is 63.2 Å². The zero-order valence-electron chi connectivity index (χ0n) is 17.4. The molecule has 0 fully saturated rings. The van der Waals surface area contributed by atoms with Crippen LogP contribution in [0.5, 0.6) is 11.5 Å². The molecular weight excluding hydrogens is 381 g/mol. The highest BCUT2D eigenvalue weighted by atomic mass is 19.1. The van der Waals surface area contributed by atoms with Gasteiger partial charge in [0.25, 0.3) is 0 Å². The Morgan fingerprint density at radius 2 is 1.50 bits per heavy atom. The van der Waals surface area contributed by atoms with Crippen LogP contribution < -0.4 is 9.64 Å². The lowest BCUT2D eigenvalue weighted by Crippen LogP contribution is -2.13. The van der Waals surface area contributed by atoms with E-state index in [1.165, 1.54) is 24.3 Å². The lowest BCUT2D eigenvalue weighted by molar-refractivity contribution is 0.0734. The molecule has 0 bridgehead atoms. The van der Waals surface area contributed by atoms with Crippen LogP contribution in [-0.2, 0) is 0 Å². The normalized spacial score (nSPS) is 11.0. The Bertz CT molecular complexity index is 1080. The molecule has 0 aliphatic heterocycles. The van der Waals surface area contributed by atoms with Crippen molar-refractivity contribution in [1.29, 1.82) is 0 Å². The van der Waals surface area contributed by atoms with Gasteiger partial charge >= 0.3 is 5.97 Å². The fourth-order valence-corrected chi connectivity index (χ4v) is 3.05. The maximum absolute atomic E-state index is 13.1. The number of rotatable bonds is 5. The molecular formula is C25H24FNO3. The molecule has 0 atom stereocenters. The number of phenols is 1. The Balaban J connectivity index is 1.90. The van der Waals surface area contributed by atoms with Crippen LogP contribution in [0.2, 0.25) is 0 Å². The number of benzene rings is 3. The SMILES string of the molecule is Cc1cc(/C=C/c2cc(C(=O)Oc3ccc(F)cc3)cc(N(C)C)c2)cc(C)c1O. The Hall–Kier alpha value is -3.60. The fraction of sp³-hybridized carbons (Fsp3) is 0.160. The molecule has 5 heteroatoms. The highest BCUT2D eigenvalue weighted by Crippen LogP contribution is 2.25. The summed E-state index contributed by atoms with van der Waals surface area (Å²) in [5.74, 6) is -0.329. The monoisotopic (exact) mass is 405 g/mol. The van der Waals surface area contributed by atoms with Gasteiger partial charge in [-0.1, -0.05) is 12.2 Å². The summed E-state index contributed by atoms with van der Waals surface area (Å²) in [4.78, 5) is 14.5. The minimum absolute atomic E-state index is 0.281. The van der Waals surface area contributed by atoms with Crippen molar-refractivity contribution in [3.63, 3.8) is 0 Å². The molecule has 0 radical (unpaired) electrons. The maximum atomic E-state index is 13.1. The van der Waals surface area contributed by atoms with E-state index in [1.54, 1.807) is 12.1 Å². The van der Waals surface area contributed by atoms with Gasteiger partial charge in [0.05, 0.1) is 5.56 Å². The van der Waals surface area contributed by atoms with Gasteiger partial charge in [-0.2, -0.15) is 0 Å². The van der Waals surface area contributed by atoms with Gasteiger partial charge < -0.3 is 14.7 Å². The lowest BCUT2D eigenvalue weighted by atomic mass is 10.0. The lowest BCUT2D eigenvalue weighted by Gasteiger charge is -2.15. The van der Waals surface area contributed by atoms with Crippen molar-refractivity contribution >= 4 is 23.8 Å². The highest BCUT2D eigenvalue weighted by Gasteiger charge is 2.12. The predicted octanol–water partition coefficient (Wildman–Crippen LogP) is 5.60. The second-order valence-electron chi connectivity index (χ2n) is 7.39. The van der Waals surface area contributed by atoms with Crippen LogP contribution in [0, 0.1) is 19.7 Å². The van der Waals surface area contributed by atoms with Gasteiger partial charge in [0.15, 0.2) is 0 Å². The average molecular weight is 405 g/mol. The first-order valence-electron chi connectivity index (χ1n) is 9.51. The zero-order valence-corrected chi connectivity index (χ0v) is 17.4. The van der Waals surface area contributed by atoms with Crippen molar-refractivity contribution in [2.75, 3.05) is 19.0 Å². The quantitative estimate of drug-likeness (QED) is 0.341. The molecule has 3 rings (SSSR count). The largest absolute Gasteiger partial charge is 0.507 e. The van der Waals surface area contributed by atoms with Crippen molar-refractivity contribution in [2.45, 2.75) is 13.8 Å². The molecule has 4 nitrogen and oxygen atoms in total. The number of carbonyl (C=O) groups excluding carboxylic acids is 1. The molecule has 0 spiro atoms. The summed E-state index contributed by atoms with van der Waals surface area (Å²) < 4.78 is 18.4. The minimum atomic E-state index is -0.517. The molecule has 0 amide bonds. The number of halogens is 1. The molecule has 3 aromatic rings. The molecule has 0 aliphatic rings. The third-order valence-corrected chi connectivity index (χ3v) is 4.70. The van der Waals surface area contributed by atoms with Crippen molar-refractivity contribution in [1.82, 2.24) is 0 Å². The van der Waals surface area contributed by atoms with E-state index in [0.717, 1.165) is 27.9 Å². The topological polar surface area (TPSA) is 49.8 Å². The van der Waals surface area contributed by atoms with E-state index >= 15 is 0 Å². The van der Waals surface area contributed by atoms with Crippen LogP contribution >= 0.6 is 0 Å². The summed E-state index contributed by atoms with van der Waals surface area (Å²) >= 11 is 0. The third-order valence-electron chi connectivity index (χ3n) is 4.70. The number of nitrogens with zero attached hydrogens (tertiary/aromatic N) is 1. The van der Waals surface area contributed by atoms with Crippen molar-refractivity contribution < 1.29 is 19.0 Å². The van der Waals surface area contributed by atoms with E-state index in [-0.39, 0.29) is 5.75 Å². The summed E-state index contributed by atoms with van der Waals surface area (Å²) in [7, 11) is 3.79. The number of hydrogen-bond donors (Lipinski definition) is 1. The molecule has 0 saturated carbocycles. The van der Waals surface area contributed by atoms with Crippen LogP contribution in [0.1, 0.15) is 32.6 Å². The fourth-order valence-electron chi connectivity index (χ4n) is 3.05. The predicted molar refractivity (Wildman–Crippen MR) is 119 cm³/mol. The van der Waals surface area contributed by atoms with Crippen molar-refractivity contribution in [3.05, 3.63) is 88.2 Å². The van der Waals surface area contributed by atoms with Gasteiger partial charge in [0.2, 0.25) is 0 Å². The summed E-state index contributed by atoms with van der Waals surface area (Å²) in [6.45, 7) is 3.71. The number of anilines is 1. The Labute approximate surface area is 175 Å². The molecule has 0 heterocycles. The number of ether oxygens (including phenoxy) is 1. The molecule has 0 unspecified atom stereocenters. The van der Waals surface area contributed by atoms with Gasteiger partial charge in [-0.15, -0.1) is 0 Å². The molecule has 1 N–H and O–H groups in total.